The molecule has 2 nitrogen and oxygen atoms in total. The molecule has 50 valence electrons. The fourth-order valence-corrected chi connectivity index (χ4v) is 0.967. The number of hydrogen-bond donors (Lipinski definition) is 1. The van der Waals surface area contributed by atoms with E-state index in [1.165, 1.54) is 0 Å². The van der Waals surface area contributed by atoms with Gasteiger partial charge in [0.1, 0.15) is 6.29 Å². The normalized spacial score (nSPS) is 34.3. The second-order valence-electron chi connectivity index (χ2n) is 2.31. The number of rotatable bonds is 1. The minimum Gasteiger partial charge on any atom is -0.392 e. The number of allylic oxidation sites excluding steroid dienone is 1. The van der Waals surface area contributed by atoms with E-state index in [9.17, 15) is 4.79 Å². The summed E-state index contributed by atoms with van der Waals surface area (Å²) in [5, 5.41) is 9.09. The van der Waals surface area contributed by atoms with Gasteiger partial charge >= 0.3 is 0 Å². The second-order valence-corrected chi connectivity index (χ2v) is 2.31. The van der Waals surface area contributed by atoms with Gasteiger partial charge < -0.3 is 9.90 Å². The van der Waals surface area contributed by atoms with Crippen molar-refractivity contribution in [2.45, 2.75) is 18.9 Å². The Balaban J connectivity index is 2.52. The van der Waals surface area contributed by atoms with E-state index in [0.717, 1.165) is 6.29 Å². The van der Waals surface area contributed by atoms with Crippen molar-refractivity contribution in [1.29, 1.82) is 0 Å². The Morgan fingerprint density at radius 1 is 1.44 bits per heavy atom. The molecule has 0 aromatic rings. The molecule has 0 aromatic heterocycles. The van der Waals surface area contributed by atoms with Gasteiger partial charge in [0.15, 0.2) is 0 Å². The quantitative estimate of drug-likeness (QED) is 0.410. The summed E-state index contributed by atoms with van der Waals surface area (Å²) >= 11 is 0. The minimum absolute atomic E-state index is 0.157. The van der Waals surface area contributed by atoms with Gasteiger partial charge in [0.2, 0.25) is 0 Å². The summed E-state index contributed by atoms with van der Waals surface area (Å²) in [5.41, 5.74) is 0. The average molecular weight is 126 g/mol. The molecule has 1 N–H and O–H groups in total. The van der Waals surface area contributed by atoms with Crippen molar-refractivity contribution < 1.29 is 9.90 Å². The van der Waals surface area contributed by atoms with E-state index >= 15 is 0 Å². The molecule has 1 rings (SSSR count). The Bertz CT molecular complexity index is 129. The van der Waals surface area contributed by atoms with E-state index in [1.54, 1.807) is 0 Å². The van der Waals surface area contributed by atoms with E-state index < -0.39 is 6.10 Å². The molecule has 1 aliphatic carbocycles. The summed E-state index contributed by atoms with van der Waals surface area (Å²) in [6.45, 7) is 0. The molecule has 0 radical (unpaired) electrons. The maximum Gasteiger partial charge on any atom is 0.125 e. The summed E-state index contributed by atoms with van der Waals surface area (Å²) < 4.78 is 0. The molecule has 0 unspecified atom stereocenters. The van der Waals surface area contributed by atoms with Gasteiger partial charge in [-0.15, -0.1) is 0 Å². The fourth-order valence-electron chi connectivity index (χ4n) is 0.967. The molecule has 0 spiro atoms. The Kier molecular flexibility index (Phi) is 2.01. The molecule has 0 bridgehead atoms. The molecule has 2 atom stereocenters. The Morgan fingerprint density at radius 3 is 2.56 bits per heavy atom. The molecule has 0 aromatic carbocycles. The van der Waals surface area contributed by atoms with E-state index in [-0.39, 0.29) is 5.92 Å². The van der Waals surface area contributed by atoms with Crippen LogP contribution in [0.15, 0.2) is 12.2 Å². The molecule has 9 heavy (non-hydrogen) atoms. The molecule has 0 heterocycles. The van der Waals surface area contributed by atoms with Gasteiger partial charge in [0.05, 0.1) is 6.10 Å². The van der Waals surface area contributed by atoms with Gasteiger partial charge in [-0.2, -0.15) is 0 Å². The third-order valence-electron chi connectivity index (χ3n) is 1.62. The van der Waals surface area contributed by atoms with E-state index in [0.29, 0.717) is 12.8 Å². The largest absolute Gasteiger partial charge is 0.392 e. The van der Waals surface area contributed by atoms with Crippen molar-refractivity contribution in [2.24, 2.45) is 5.92 Å². The molecule has 1 aliphatic rings. The van der Waals surface area contributed by atoms with Gasteiger partial charge in [-0.05, 0) is 12.8 Å². The van der Waals surface area contributed by atoms with Gasteiger partial charge in [-0.3, -0.25) is 0 Å². The number of aldehydes is 1. The smallest absolute Gasteiger partial charge is 0.125 e. The number of aliphatic hydroxyl groups is 1. The number of carbonyl (C=O) groups is 1. The Hall–Kier alpha value is -0.630. The van der Waals surface area contributed by atoms with Crippen LogP contribution < -0.4 is 0 Å². The average Bonchev–Trinajstić information content (AvgIpc) is 1.89. The highest BCUT2D eigenvalue weighted by Crippen LogP contribution is 2.15. The van der Waals surface area contributed by atoms with Crippen LogP contribution in [0, 0.1) is 5.92 Å². The Labute approximate surface area is 54.2 Å². The lowest BCUT2D eigenvalue weighted by Gasteiger charge is -2.17. The number of hydrogen-bond acceptors (Lipinski definition) is 2. The number of carbonyl (C=O) groups excluding carboxylic acids is 1. The van der Waals surface area contributed by atoms with Gasteiger partial charge in [-0.1, -0.05) is 12.2 Å². The molecule has 0 saturated heterocycles. The molecular weight excluding hydrogens is 116 g/mol. The van der Waals surface area contributed by atoms with Gasteiger partial charge in [0.25, 0.3) is 0 Å². The monoisotopic (exact) mass is 126 g/mol. The van der Waals surface area contributed by atoms with Crippen molar-refractivity contribution in [3.8, 4) is 0 Å². The van der Waals surface area contributed by atoms with Crippen molar-refractivity contribution in [3.05, 3.63) is 12.2 Å². The first kappa shape index (κ1) is 6.49. The summed E-state index contributed by atoms with van der Waals surface area (Å²) in [4.78, 5) is 10.2. The summed E-state index contributed by atoms with van der Waals surface area (Å²) in [5.74, 6) is -0.157. The van der Waals surface area contributed by atoms with Gasteiger partial charge in [0, 0.05) is 5.92 Å². The highest BCUT2D eigenvalue weighted by molar-refractivity contribution is 5.55. The van der Waals surface area contributed by atoms with Crippen molar-refractivity contribution >= 4 is 6.29 Å². The SMILES string of the molecule is O=C[C@H]1CC=CC[C@H]1O. The first-order valence-corrected chi connectivity index (χ1v) is 3.13. The maximum absolute atomic E-state index is 10.2. The van der Waals surface area contributed by atoms with Crippen LogP contribution in [0.2, 0.25) is 0 Å². The van der Waals surface area contributed by atoms with Crippen LogP contribution in [0.4, 0.5) is 0 Å². The zero-order valence-corrected chi connectivity index (χ0v) is 5.16. The zero-order chi connectivity index (χ0) is 6.69. The zero-order valence-electron chi connectivity index (χ0n) is 5.16. The minimum atomic E-state index is -0.438. The topological polar surface area (TPSA) is 37.3 Å². The van der Waals surface area contributed by atoms with Crippen molar-refractivity contribution in [1.82, 2.24) is 0 Å². The lowest BCUT2D eigenvalue weighted by atomic mass is 9.93. The number of aliphatic hydroxyl groups excluding tert-OH is 1. The summed E-state index contributed by atoms with van der Waals surface area (Å²) in [6, 6.07) is 0. The van der Waals surface area contributed by atoms with Crippen molar-refractivity contribution in [2.75, 3.05) is 0 Å². The van der Waals surface area contributed by atoms with Crippen LogP contribution in [-0.4, -0.2) is 17.5 Å². The van der Waals surface area contributed by atoms with E-state index in [4.69, 9.17) is 5.11 Å². The van der Waals surface area contributed by atoms with Crippen molar-refractivity contribution in [3.63, 3.8) is 0 Å². The molecule has 0 fully saturated rings. The predicted molar refractivity (Wildman–Crippen MR) is 33.9 cm³/mol. The summed E-state index contributed by atoms with van der Waals surface area (Å²) in [7, 11) is 0. The second kappa shape index (κ2) is 2.78. The van der Waals surface area contributed by atoms with Crippen LogP contribution in [0.5, 0.6) is 0 Å². The molecule has 2 heteroatoms. The third-order valence-corrected chi connectivity index (χ3v) is 1.62. The van der Waals surface area contributed by atoms with Gasteiger partial charge in [-0.25, -0.2) is 0 Å². The van der Waals surface area contributed by atoms with Crippen LogP contribution in [0.3, 0.4) is 0 Å². The molecular formula is C7H10O2. The first-order chi connectivity index (χ1) is 4.34. The Morgan fingerprint density at radius 2 is 2.11 bits per heavy atom. The molecule has 0 saturated carbocycles. The fraction of sp³-hybridized carbons (Fsp3) is 0.571. The highest BCUT2D eigenvalue weighted by atomic mass is 16.3. The van der Waals surface area contributed by atoms with Crippen LogP contribution >= 0.6 is 0 Å². The predicted octanol–water partition coefficient (Wildman–Crippen LogP) is 0.512. The maximum atomic E-state index is 10.2. The van der Waals surface area contributed by atoms with Crippen LogP contribution in [0.1, 0.15) is 12.8 Å². The summed E-state index contributed by atoms with van der Waals surface area (Å²) in [6.07, 6.45) is 5.56. The van der Waals surface area contributed by atoms with E-state index in [2.05, 4.69) is 0 Å². The lowest BCUT2D eigenvalue weighted by Crippen LogP contribution is -2.22. The van der Waals surface area contributed by atoms with E-state index in [1.807, 2.05) is 12.2 Å². The molecule has 0 aliphatic heterocycles. The first-order valence-electron chi connectivity index (χ1n) is 3.13. The van der Waals surface area contributed by atoms with Crippen LogP contribution in [-0.2, 0) is 4.79 Å². The third kappa shape index (κ3) is 1.39. The lowest BCUT2D eigenvalue weighted by molar-refractivity contribution is -0.114. The molecule has 0 amide bonds. The van der Waals surface area contributed by atoms with Crippen LogP contribution in [0.25, 0.3) is 0 Å². The standard InChI is InChI=1S/C7H10O2/c8-5-6-3-1-2-4-7(6)9/h1-2,5-7,9H,3-4H2/t6-,7-/m1/s1. The highest BCUT2D eigenvalue weighted by Gasteiger charge is 2.18.